The van der Waals surface area contributed by atoms with Crippen LogP contribution in [0.1, 0.15) is 37.8 Å². The molecule has 0 atom stereocenters. The summed E-state index contributed by atoms with van der Waals surface area (Å²) in [7, 11) is 2.02. The number of fused-ring (bicyclic) bond motifs is 1. The van der Waals surface area contributed by atoms with Crippen molar-refractivity contribution in [2.24, 2.45) is 0 Å². The lowest BCUT2D eigenvalue weighted by molar-refractivity contribution is 0.369. The number of benzene rings is 2. The SMILES string of the molecule is CCC#CCOc1ccc2ccccc2c1C#Cc1cnccc1N(C)CC#CCC. The summed E-state index contributed by atoms with van der Waals surface area (Å²) in [4.78, 5) is 6.37. The smallest absolute Gasteiger partial charge is 0.149 e. The Morgan fingerprint density at radius 2 is 1.71 bits per heavy atom. The molecule has 0 N–H and O–H groups in total. The van der Waals surface area contributed by atoms with Crippen molar-refractivity contribution in [2.45, 2.75) is 26.7 Å². The number of aromatic nitrogens is 1. The van der Waals surface area contributed by atoms with Gasteiger partial charge in [-0.3, -0.25) is 4.98 Å². The highest BCUT2D eigenvalue weighted by Gasteiger charge is 2.08. The molecule has 3 nitrogen and oxygen atoms in total. The second-order valence-electron chi connectivity index (χ2n) is 6.86. The van der Waals surface area contributed by atoms with E-state index in [2.05, 4.69) is 63.6 Å². The van der Waals surface area contributed by atoms with E-state index in [4.69, 9.17) is 4.74 Å². The maximum absolute atomic E-state index is 5.96. The molecule has 0 unspecified atom stereocenters. The molecule has 154 valence electrons. The van der Waals surface area contributed by atoms with Gasteiger partial charge in [0.25, 0.3) is 0 Å². The van der Waals surface area contributed by atoms with Crippen molar-refractivity contribution < 1.29 is 4.74 Å². The molecule has 0 amide bonds. The lowest BCUT2D eigenvalue weighted by Crippen LogP contribution is -2.18. The molecule has 0 radical (unpaired) electrons. The number of rotatable bonds is 4. The second kappa shape index (κ2) is 11.3. The molecule has 0 fully saturated rings. The van der Waals surface area contributed by atoms with Crippen molar-refractivity contribution >= 4 is 16.5 Å². The quantitative estimate of drug-likeness (QED) is 0.552. The maximum atomic E-state index is 5.96. The highest BCUT2D eigenvalue weighted by Crippen LogP contribution is 2.28. The van der Waals surface area contributed by atoms with E-state index in [0.717, 1.165) is 46.2 Å². The van der Waals surface area contributed by atoms with Gasteiger partial charge in [-0.25, -0.2) is 0 Å². The molecule has 3 heteroatoms. The topological polar surface area (TPSA) is 25.4 Å². The first-order chi connectivity index (χ1) is 15.2. The van der Waals surface area contributed by atoms with Gasteiger partial charge >= 0.3 is 0 Å². The van der Waals surface area contributed by atoms with Crippen LogP contribution in [0.15, 0.2) is 54.9 Å². The molecule has 1 aromatic heterocycles. The van der Waals surface area contributed by atoms with E-state index in [0.29, 0.717) is 13.2 Å². The van der Waals surface area contributed by atoms with E-state index in [-0.39, 0.29) is 0 Å². The predicted molar refractivity (Wildman–Crippen MR) is 129 cm³/mol. The van der Waals surface area contributed by atoms with Crippen LogP contribution >= 0.6 is 0 Å². The molecule has 0 saturated carbocycles. The first kappa shape index (κ1) is 21.8. The molecule has 31 heavy (non-hydrogen) atoms. The summed E-state index contributed by atoms with van der Waals surface area (Å²) in [5, 5.41) is 2.18. The number of anilines is 1. The van der Waals surface area contributed by atoms with Crippen LogP contribution in [0.4, 0.5) is 5.69 Å². The predicted octanol–water partition coefficient (Wildman–Crippen LogP) is 5.28. The van der Waals surface area contributed by atoms with Crippen molar-refractivity contribution in [3.05, 3.63) is 66.0 Å². The number of ether oxygens (including phenoxy) is 1. The fourth-order valence-electron chi connectivity index (χ4n) is 3.12. The van der Waals surface area contributed by atoms with Gasteiger partial charge in [-0.2, -0.15) is 0 Å². The summed E-state index contributed by atoms with van der Waals surface area (Å²) >= 11 is 0. The zero-order valence-corrected chi connectivity index (χ0v) is 18.3. The van der Waals surface area contributed by atoms with E-state index in [1.54, 1.807) is 12.4 Å². The van der Waals surface area contributed by atoms with E-state index in [1.807, 2.05) is 45.2 Å². The van der Waals surface area contributed by atoms with Crippen LogP contribution in [0, 0.1) is 35.5 Å². The Morgan fingerprint density at radius 1 is 0.903 bits per heavy atom. The summed E-state index contributed by atoms with van der Waals surface area (Å²) in [6.07, 6.45) is 5.24. The van der Waals surface area contributed by atoms with Crippen LogP contribution in [-0.4, -0.2) is 25.2 Å². The lowest BCUT2D eigenvalue weighted by atomic mass is 10.0. The van der Waals surface area contributed by atoms with Gasteiger partial charge in [-0.1, -0.05) is 67.9 Å². The minimum absolute atomic E-state index is 0.345. The van der Waals surface area contributed by atoms with E-state index >= 15 is 0 Å². The summed E-state index contributed by atoms with van der Waals surface area (Å²) in [5.74, 6) is 19.8. The average Bonchev–Trinajstić information content (AvgIpc) is 2.81. The van der Waals surface area contributed by atoms with Crippen LogP contribution in [0.5, 0.6) is 5.75 Å². The van der Waals surface area contributed by atoms with Crippen molar-refractivity contribution in [2.75, 3.05) is 25.1 Å². The molecule has 0 spiro atoms. The average molecular weight is 407 g/mol. The molecule has 1 heterocycles. The molecule has 3 rings (SSSR count). The summed E-state index contributed by atoms with van der Waals surface area (Å²) in [6.45, 7) is 5.06. The third kappa shape index (κ3) is 5.82. The van der Waals surface area contributed by atoms with Crippen LogP contribution in [0.25, 0.3) is 10.8 Å². The third-order valence-electron chi connectivity index (χ3n) is 4.64. The number of nitrogens with zero attached hydrogens (tertiary/aromatic N) is 2. The minimum atomic E-state index is 0.345. The Bertz CT molecular complexity index is 1230. The van der Waals surface area contributed by atoms with Gasteiger partial charge < -0.3 is 9.64 Å². The lowest BCUT2D eigenvalue weighted by Gasteiger charge is -2.17. The maximum Gasteiger partial charge on any atom is 0.149 e. The van der Waals surface area contributed by atoms with Crippen LogP contribution < -0.4 is 9.64 Å². The third-order valence-corrected chi connectivity index (χ3v) is 4.64. The highest BCUT2D eigenvalue weighted by molar-refractivity contribution is 5.90. The summed E-state index contributed by atoms with van der Waals surface area (Å²) in [6, 6.07) is 14.2. The molecule has 0 saturated heterocycles. The Morgan fingerprint density at radius 3 is 2.55 bits per heavy atom. The Labute approximate surface area is 185 Å². The van der Waals surface area contributed by atoms with Gasteiger partial charge in [0.2, 0.25) is 0 Å². The number of pyridine rings is 1. The largest absolute Gasteiger partial charge is 0.480 e. The van der Waals surface area contributed by atoms with Crippen LogP contribution in [0.3, 0.4) is 0 Å². The van der Waals surface area contributed by atoms with Gasteiger partial charge in [0.15, 0.2) is 0 Å². The minimum Gasteiger partial charge on any atom is -0.480 e. The van der Waals surface area contributed by atoms with Gasteiger partial charge in [-0.05, 0) is 17.5 Å². The van der Waals surface area contributed by atoms with Gasteiger partial charge in [0.05, 0.1) is 23.4 Å². The molecule has 2 aromatic carbocycles. The van der Waals surface area contributed by atoms with E-state index in [1.165, 1.54) is 0 Å². The van der Waals surface area contributed by atoms with E-state index in [9.17, 15) is 0 Å². The summed E-state index contributed by atoms with van der Waals surface area (Å²) < 4.78 is 5.96. The molecule has 0 aliphatic carbocycles. The Hall–Kier alpha value is -3.87. The standard InChI is InChI=1S/C28H26N2O/c1-4-6-10-20-30(3)27-18-19-29-22-24(27)14-16-26-25-13-9-8-12-23(25)15-17-28(26)31-21-11-7-5-2/h8-9,12-13,15,17-19,22H,4-5,20-21H2,1-3H3. The van der Waals surface area contributed by atoms with Crippen molar-refractivity contribution in [3.8, 4) is 41.3 Å². The molecular weight excluding hydrogens is 380 g/mol. The Balaban J connectivity index is 2.01. The molecule has 0 aliphatic heterocycles. The van der Waals surface area contributed by atoms with Gasteiger partial charge in [0.1, 0.15) is 12.4 Å². The number of hydrogen-bond donors (Lipinski definition) is 0. The van der Waals surface area contributed by atoms with Gasteiger partial charge in [0, 0.05) is 37.7 Å². The van der Waals surface area contributed by atoms with Crippen LogP contribution in [-0.2, 0) is 0 Å². The molecule has 0 aliphatic rings. The summed E-state index contributed by atoms with van der Waals surface area (Å²) in [5.41, 5.74) is 2.72. The van der Waals surface area contributed by atoms with Crippen molar-refractivity contribution in [1.29, 1.82) is 0 Å². The molecule has 0 bridgehead atoms. The molecule has 3 aromatic rings. The second-order valence-corrected chi connectivity index (χ2v) is 6.86. The fourth-order valence-corrected chi connectivity index (χ4v) is 3.12. The monoisotopic (exact) mass is 406 g/mol. The fraction of sp³-hybridized carbons (Fsp3) is 0.250. The zero-order chi connectivity index (χ0) is 21.9. The molecular formula is C28H26N2O. The van der Waals surface area contributed by atoms with E-state index < -0.39 is 0 Å². The van der Waals surface area contributed by atoms with Gasteiger partial charge in [-0.15, -0.1) is 11.8 Å². The first-order valence-corrected chi connectivity index (χ1v) is 10.5. The highest BCUT2D eigenvalue weighted by atomic mass is 16.5. The normalized spacial score (nSPS) is 9.52. The number of hydrogen-bond acceptors (Lipinski definition) is 3. The Kier molecular flexibility index (Phi) is 7.99. The van der Waals surface area contributed by atoms with Crippen molar-refractivity contribution in [3.63, 3.8) is 0 Å². The van der Waals surface area contributed by atoms with Crippen LogP contribution in [0.2, 0.25) is 0 Å². The zero-order valence-electron chi connectivity index (χ0n) is 18.3. The van der Waals surface area contributed by atoms with Crippen molar-refractivity contribution in [1.82, 2.24) is 4.98 Å². The first-order valence-electron chi connectivity index (χ1n) is 10.5.